The van der Waals surface area contributed by atoms with Crippen molar-refractivity contribution in [2.45, 2.75) is 20.1 Å². The van der Waals surface area contributed by atoms with Crippen molar-refractivity contribution < 1.29 is 9.57 Å². The lowest BCUT2D eigenvalue weighted by molar-refractivity contribution is -0.138. The van der Waals surface area contributed by atoms with E-state index >= 15 is 0 Å². The smallest absolute Gasteiger partial charge is 0.234 e. The molecule has 9 heavy (non-hydrogen) atoms. The van der Waals surface area contributed by atoms with E-state index in [0.717, 1.165) is 0 Å². The highest BCUT2D eigenvalue weighted by Gasteiger charge is 2.21. The Labute approximate surface area is 54.6 Å². The number of hydrogen-bond acceptors (Lipinski definition) is 3. The lowest BCUT2D eigenvalue weighted by atomic mass is 10.2. The third-order valence-electron chi connectivity index (χ3n) is 1.22. The maximum Gasteiger partial charge on any atom is 0.234 e. The molecule has 0 N–H and O–H groups in total. The van der Waals surface area contributed by atoms with Crippen LogP contribution >= 0.6 is 0 Å². The highest BCUT2D eigenvalue weighted by Crippen LogP contribution is 2.12. The van der Waals surface area contributed by atoms with Gasteiger partial charge in [0.25, 0.3) is 0 Å². The Morgan fingerprint density at radius 2 is 2.56 bits per heavy atom. The molecule has 2 unspecified atom stereocenters. The maximum atomic E-state index is 5.17. The predicted molar refractivity (Wildman–Crippen MR) is 34.2 cm³/mol. The topological polar surface area (TPSA) is 30.8 Å². The van der Waals surface area contributed by atoms with Crippen LogP contribution in [0.15, 0.2) is 5.16 Å². The fourth-order valence-electron chi connectivity index (χ4n) is 0.704. The minimum absolute atomic E-state index is 0.144. The van der Waals surface area contributed by atoms with Gasteiger partial charge in [0.15, 0.2) is 0 Å². The van der Waals surface area contributed by atoms with E-state index in [2.05, 4.69) is 5.16 Å². The van der Waals surface area contributed by atoms with Gasteiger partial charge in [0.05, 0.1) is 12.1 Å². The minimum Gasteiger partial charge on any atom is -0.363 e. The summed E-state index contributed by atoms with van der Waals surface area (Å²) in [6, 6.07) is 0. The first-order valence-electron chi connectivity index (χ1n) is 3.15. The molecule has 3 nitrogen and oxygen atoms in total. The highest BCUT2D eigenvalue weighted by atomic mass is 16.8. The van der Waals surface area contributed by atoms with E-state index < -0.39 is 0 Å². The van der Waals surface area contributed by atoms with Crippen molar-refractivity contribution >= 4 is 6.21 Å². The van der Waals surface area contributed by atoms with Gasteiger partial charge < -0.3 is 9.57 Å². The molecule has 0 aliphatic carbocycles. The quantitative estimate of drug-likeness (QED) is 0.557. The van der Waals surface area contributed by atoms with Crippen molar-refractivity contribution in [3.05, 3.63) is 0 Å². The molecule has 52 valence electrons. The first-order valence-corrected chi connectivity index (χ1v) is 3.15. The second kappa shape index (κ2) is 2.82. The molecule has 0 fully saturated rings. The number of hydrogen-bond donors (Lipinski definition) is 0. The molecule has 0 aromatic rings. The van der Waals surface area contributed by atoms with Crippen LogP contribution in [0.4, 0.5) is 0 Å². The molecule has 0 aromatic heterocycles. The summed E-state index contributed by atoms with van der Waals surface area (Å²) in [4.78, 5) is 4.85. The SMILES string of the molecule is CCOC1ON=CC1C. The van der Waals surface area contributed by atoms with Gasteiger partial charge in [-0.15, -0.1) is 0 Å². The van der Waals surface area contributed by atoms with Crippen LogP contribution in [0.25, 0.3) is 0 Å². The fraction of sp³-hybridized carbons (Fsp3) is 0.833. The zero-order valence-corrected chi connectivity index (χ0v) is 5.70. The van der Waals surface area contributed by atoms with Crippen LogP contribution < -0.4 is 0 Å². The van der Waals surface area contributed by atoms with Crippen LogP contribution in [0.5, 0.6) is 0 Å². The predicted octanol–water partition coefficient (Wildman–Crippen LogP) is 1.00. The molecule has 0 saturated carbocycles. The average molecular weight is 129 g/mol. The number of nitrogens with zero attached hydrogens (tertiary/aromatic N) is 1. The third kappa shape index (κ3) is 1.42. The summed E-state index contributed by atoms with van der Waals surface area (Å²) in [5, 5.41) is 3.61. The van der Waals surface area contributed by atoms with E-state index in [9.17, 15) is 0 Å². The van der Waals surface area contributed by atoms with E-state index in [-0.39, 0.29) is 6.29 Å². The third-order valence-corrected chi connectivity index (χ3v) is 1.22. The van der Waals surface area contributed by atoms with Crippen molar-refractivity contribution in [3.63, 3.8) is 0 Å². The van der Waals surface area contributed by atoms with Crippen molar-refractivity contribution in [1.29, 1.82) is 0 Å². The Morgan fingerprint density at radius 3 is 3.00 bits per heavy atom. The van der Waals surface area contributed by atoms with Crippen LogP contribution in [0.1, 0.15) is 13.8 Å². The Balaban J connectivity index is 2.28. The largest absolute Gasteiger partial charge is 0.363 e. The summed E-state index contributed by atoms with van der Waals surface area (Å²) in [6.45, 7) is 4.63. The number of rotatable bonds is 2. The van der Waals surface area contributed by atoms with Gasteiger partial charge in [-0.05, 0) is 6.92 Å². The molecule has 3 heteroatoms. The maximum absolute atomic E-state index is 5.17. The van der Waals surface area contributed by atoms with Crippen LogP contribution in [0.3, 0.4) is 0 Å². The Kier molecular flexibility index (Phi) is 2.05. The summed E-state index contributed by atoms with van der Waals surface area (Å²) < 4.78 is 5.17. The molecule has 2 atom stereocenters. The number of oxime groups is 1. The number of ether oxygens (including phenoxy) is 1. The van der Waals surface area contributed by atoms with E-state index in [1.54, 1.807) is 6.21 Å². The summed E-state index contributed by atoms with van der Waals surface area (Å²) in [6.07, 6.45) is 1.61. The molecule has 1 rings (SSSR count). The zero-order chi connectivity index (χ0) is 6.69. The van der Waals surface area contributed by atoms with Crippen LogP contribution in [0, 0.1) is 5.92 Å². The van der Waals surface area contributed by atoms with Crippen LogP contribution in [0.2, 0.25) is 0 Å². The molecule has 0 spiro atoms. The van der Waals surface area contributed by atoms with Crippen molar-refractivity contribution in [1.82, 2.24) is 0 Å². The van der Waals surface area contributed by atoms with E-state index in [4.69, 9.17) is 9.57 Å². The summed E-state index contributed by atoms with van der Waals surface area (Å²) in [5.41, 5.74) is 0. The van der Waals surface area contributed by atoms with Gasteiger partial charge in [-0.2, -0.15) is 0 Å². The monoisotopic (exact) mass is 129 g/mol. The molecule has 0 bridgehead atoms. The van der Waals surface area contributed by atoms with Crippen LogP contribution in [-0.4, -0.2) is 19.1 Å². The zero-order valence-electron chi connectivity index (χ0n) is 5.70. The van der Waals surface area contributed by atoms with Crippen LogP contribution in [-0.2, 0) is 9.57 Å². The lowest BCUT2D eigenvalue weighted by Gasteiger charge is -2.10. The Hall–Kier alpha value is -0.570. The second-order valence-corrected chi connectivity index (χ2v) is 2.04. The van der Waals surface area contributed by atoms with Crippen molar-refractivity contribution in [2.24, 2.45) is 11.1 Å². The lowest BCUT2D eigenvalue weighted by Crippen LogP contribution is -2.19. The Morgan fingerprint density at radius 1 is 1.78 bits per heavy atom. The first-order chi connectivity index (χ1) is 4.34. The molecule has 0 amide bonds. The minimum atomic E-state index is -0.144. The molecule has 0 saturated heterocycles. The van der Waals surface area contributed by atoms with E-state index in [0.29, 0.717) is 12.5 Å². The highest BCUT2D eigenvalue weighted by molar-refractivity contribution is 5.61. The van der Waals surface area contributed by atoms with Gasteiger partial charge in [-0.1, -0.05) is 12.1 Å². The van der Waals surface area contributed by atoms with Crippen molar-refractivity contribution in [2.75, 3.05) is 6.61 Å². The second-order valence-electron chi connectivity index (χ2n) is 2.04. The van der Waals surface area contributed by atoms with E-state index in [1.165, 1.54) is 0 Å². The first kappa shape index (κ1) is 6.55. The molecule has 0 aromatic carbocycles. The van der Waals surface area contributed by atoms with Gasteiger partial charge in [-0.25, -0.2) is 0 Å². The van der Waals surface area contributed by atoms with Gasteiger partial charge >= 0.3 is 0 Å². The fourth-order valence-corrected chi connectivity index (χ4v) is 0.704. The van der Waals surface area contributed by atoms with Crippen molar-refractivity contribution in [3.8, 4) is 0 Å². The summed E-state index contributed by atoms with van der Waals surface area (Å²) >= 11 is 0. The standard InChI is InChI=1S/C6H11NO2/c1-3-8-6-5(2)4-7-9-6/h4-6H,3H2,1-2H3. The average Bonchev–Trinajstić information content (AvgIpc) is 2.18. The van der Waals surface area contributed by atoms with Gasteiger partial charge in [0, 0.05) is 6.61 Å². The normalized spacial score (nSPS) is 32.7. The summed E-state index contributed by atoms with van der Waals surface area (Å²) in [7, 11) is 0. The van der Waals surface area contributed by atoms with Gasteiger partial charge in [-0.3, -0.25) is 0 Å². The summed E-state index contributed by atoms with van der Waals surface area (Å²) in [5.74, 6) is 0.296. The molecule has 1 heterocycles. The molecule has 1 aliphatic rings. The molecule has 1 aliphatic heterocycles. The van der Waals surface area contributed by atoms with E-state index in [1.807, 2.05) is 13.8 Å². The molecule has 0 radical (unpaired) electrons. The Bertz CT molecular complexity index is 114. The molecular formula is C6H11NO2. The molecular weight excluding hydrogens is 118 g/mol. The van der Waals surface area contributed by atoms with Gasteiger partial charge in [0.2, 0.25) is 6.29 Å². The van der Waals surface area contributed by atoms with Gasteiger partial charge in [0.1, 0.15) is 0 Å².